The molecule has 0 bridgehead atoms. The van der Waals surface area contributed by atoms with Crippen molar-refractivity contribution in [3.8, 4) is 0 Å². The first kappa shape index (κ1) is 12.1. The maximum atomic E-state index is 6.26. The molecule has 0 unspecified atom stereocenters. The predicted molar refractivity (Wildman–Crippen MR) is 77.2 cm³/mol. The fraction of sp³-hybridized carbons (Fsp3) is 0.467. The van der Waals surface area contributed by atoms with Gasteiger partial charge in [0.2, 0.25) is 0 Å². The number of hydrogen-bond acceptors (Lipinski definition) is 1. The van der Waals surface area contributed by atoms with Gasteiger partial charge in [-0.2, -0.15) is 0 Å². The van der Waals surface area contributed by atoms with E-state index in [1.807, 2.05) is 13.2 Å². The molecule has 1 aliphatic heterocycles. The smallest absolute Gasteiger partial charge is 0.0661 e. The van der Waals surface area contributed by atoms with E-state index in [0.717, 1.165) is 10.9 Å². The van der Waals surface area contributed by atoms with Gasteiger partial charge in [-0.15, -0.1) is 0 Å². The summed E-state index contributed by atoms with van der Waals surface area (Å²) in [5.41, 5.74) is 2.64. The lowest BCUT2D eigenvalue weighted by Crippen LogP contribution is -2.28. The van der Waals surface area contributed by atoms with Gasteiger partial charge in [0, 0.05) is 24.1 Å². The fourth-order valence-corrected chi connectivity index (χ4v) is 3.24. The first-order valence-electron chi connectivity index (χ1n) is 6.68. The molecule has 2 aromatic rings. The van der Waals surface area contributed by atoms with Crippen molar-refractivity contribution in [3.63, 3.8) is 0 Å². The van der Waals surface area contributed by atoms with Crippen LogP contribution in [-0.2, 0) is 13.5 Å². The molecule has 1 aromatic carbocycles. The van der Waals surface area contributed by atoms with E-state index in [1.54, 1.807) is 0 Å². The van der Waals surface area contributed by atoms with Crippen LogP contribution in [-0.4, -0.2) is 17.7 Å². The molecule has 0 aliphatic carbocycles. The Morgan fingerprint density at radius 3 is 2.89 bits per heavy atom. The summed E-state index contributed by atoms with van der Waals surface area (Å²) in [5.74, 6) is 0.825. The molecule has 18 heavy (non-hydrogen) atoms. The third kappa shape index (κ3) is 2.27. The minimum atomic E-state index is 0.825. The van der Waals surface area contributed by atoms with Gasteiger partial charge in [-0.05, 0) is 56.0 Å². The number of piperidine rings is 1. The number of aromatic nitrogens is 1. The van der Waals surface area contributed by atoms with E-state index in [9.17, 15) is 0 Å². The molecule has 0 saturated carbocycles. The van der Waals surface area contributed by atoms with E-state index in [4.69, 9.17) is 11.6 Å². The molecule has 0 spiro atoms. The van der Waals surface area contributed by atoms with Gasteiger partial charge >= 0.3 is 0 Å². The summed E-state index contributed by atoms with van der Waals surface area (Å²) >= 11 is 6.26. The van der Waals surface area contributed by atoms with E-state index in [1.165, 1.54) is 48.8 Å². The zero-order chi connectivity index (χ0) is 12.5. The van der Waals surface area contributed by atoms with Crippen molar-refractivity contribution in [3.05, 3.63) is 35.0 Å². The molecule has 2 heterocycles. The molecule has 0 radical (unpaired) electrons. The van der Waals surface area contributed by atoms with Gasteiger partial charge in [0.25, 0.3) is 0 Å². The van der Waals surface area contributed by atoms with Crippen molar-refractivity contribution in [1.29, 1.82) is 0 Å². The Morgan fingerprint density at radius 2 is 2.11 bits per heavy atom. The summed E-state index contributed by atoms with van der Waals surface area (Å²) in [5, 5.41) is 5.46. The number of nitrogens with one attached hydrogen (secondary N) is 1. The average Bonchev–Trinajstić information content (AvgIpc) is 2.66. The predicted octanol–water partition coefficient (Wildman–Crippen LogP) is 3.37. The first-order chi connectivity index (χ1) is 8.74. The molecule has 3 rings (SSSR count). The lowest BCUT2D eigenvalue weighted by Gasteiger charge is -2.22. The van der Waals surface area contributed by atoms with Crippen molar-refractivity contribution in [1.82, 2.24) is 9.88 Å². The van der Waals surface area contributed by atoms with Gasteiger partial charge in [0.15, 0.2) is 0 Å². The quantitative estimate of drug-likeness (QED) is 0.878. The molecule has 96 valence electrons. The van der Waals surface area contributed by atoms with E-state index >= 15 is 0 Å². The van der Waals surface area contributed by atoms with Gasteiger partial charge in [0.05, 0.1) is 5.02 Å². The maximum absolute atomic E-state index is 6.26. The van der Waals surface area contributed by atoms with Gasteiger partial charge < -0.3 is 9.88 Å². The van der Waals surface area contributed by atoms with Crippen molar-refractivity contribution in [2.75, 3.05) is 13.1 Å². The molecule has 1 saturated heterocycles. The van der Waals surface area contributed by atoms with Crippen LogP contribution in [0.5, 0.6) is 0 Å². The molecule has 3 heteroatoms. The van der Waals surface area contributed by atoms with Crippen molar-refractivity contribution in [2.45, 2.75) is 19.3 Å². The van der Waals surface area contributed by atoms with Crippen molar-refractivity contribution >= 4 is 22.5 Å². The standard InChI is InChI=1S/C15H19ClN2/c1-18-10-14(16)13-9-12(2-3-15(13)18)8-11-4-6-17-7-5-11/h2-3,9-11,17H,4-8H2,1H3. The average molecular weight is 263 g/mol. The zero-order valence-electron chi connectivity index (χ0n) is 10.7. The highest BCUT2D eigenvalue weighted by atomic mass is 35.5. The first-order valence-corrected chi connectivity index (χ1v) is 7.06. The Labute approximate surface area is 113 Å². The zero-order valence-corrected chi connectivity index (χ0v) is 11.5. The van der Waals surface area contributed by atoms with Crippen LogP contribution in [0.1, 0.15) is 18.4 Å². The molecule has 1 N–H and O–H groups in total. The molecule has 2 nitrogen and oxygen atoms in total. The third-order valence-electron chi connectivity index (χ3n) is 3.99. The van der Waals surface area contributed by atoms with Gasteiger partial charge in [-0.25, -0.2) is 0 Å². The van der Waals surface area contributed by atoms with Gasteiger partial charge in [-0.1, -0.05) is 17.7 Å². The summed E-state index contributed by atoms with van der Waals surface area (Å²) in [6, 6.07) is 6.71. The number of rotatable bonds is 2. The summed E-state index contributed by atoms with van der Waals surface area (Å²) in [6.07, 6.45) is 5.75. The van der Waals surface area contributed by atoms with Crippen LogP contribution in [0.25, 0.3) is 10.9 Å². The van der Waals surface area contributed by atoms with Crippen LogP contribution in [0, 0.1) is 5.92 Å². The summed E-state index contributed by atoms with van der Waals surface area (Å²) in [4.78, 5) is 0. The second-order valence-corrected chi connectivity index (χ2v) is 5.74. The fourth-order valence-electron chi connectivity index (χ4n) is 2.94. The highest BCUT2D eigenvalue weighted by Gasteiger charge is 2.14. The molecular weight excluding hydrogens is 244 g/mol. The van der Waals surface area contributed by atoms with E-state index in [-0.39, 0.29) is 0 Å². The molecule has 0 atom stereocenters. The Morgan fingerprint density at radius 1 is 1.33 bits per heavy atom. The number of hydrogen-bond donors (Lipinski definition) is 1. The van der Waals surface area contributed by atoms with Gasteiger partial charge in [0.1, 0.15) is 0 Å². The number of benzene rings is 1. The van der Waals surface area contributed by atoms with Crippen LogP contribution in [0.2, 0.25) is 5.02 Å². The Kier molecular flexibility index (Phi) is 3.31. The molecule has 1 aromatic heterocycles. The second kappa shape index (κ2) is 4.94. The van der Waals surface area contributed by atoms with Crippen LogP contribution < -0.4 is 5.32 Å². The van der Waals surface area contributed by atoms with Gasteiger partial charge in [-0.3, -0.25) is 0 Å². The summed E-state index contributed by atoms with van der Waals surface area (Å²) < 4.78 is 2.09. The van der Waals surface area contributed by atoms with Crippen LogP contribution in [0.3, 0.4) is 0 Å². The normalized spacial score (nSPS) is 17.4. The minimum Gasteiger partial charge on any atom is -0.349 e. The third-order valence-corrected chi connectivity index (χ3v) is 4.29. The summed E-state index contributed by atoms with van der Waals surface area (Å²) in [7, 11) is 2.04. The van der Waals surface area contributed by atoms with Crippen LogP contribution in [0.15, 0.2) is 24.4 Å². The van der Waals surface area contributed by atoms with Crippen molar-refractivity contribution in [2.24, 2.45) is 13.0 Å². The number of aryl methyl sites for hydroxylation is 1. The van der Waals surface area contributed by atoms with E-state index < -0.39 is 0 Å². The SMILES string of the molecule is Cn1cc(Cl)c2cc(CC3CCNCC3)ccc21. The molecule has 1 aliphatic rings. The Hall–Kier alpha value is -0.990. The maximum Gasteiger partial charge on any atom is 0.0661 e. The topological polar surface area (TPSA) is 17.0 Å². The summed E-state index contributed by atoms with van der Waals surface area (Å²) in [6.45, 7) is 2.33. The number of halogens is 1. The van der Waals surface area contributed by atoms with Crippen molar-refractivity contribution < 1.29 is 0 Å². The lowest BCUT2D eigenvalue weighted by molar-refractivity contribution is 0.373. The minimum absolute atomic E-state index is 0.825. The number of nitrogens with zero attached hydrogens (tertiary/aromatic N) is 1. The molecule has 0 amide bonds. The Bertz CT molecular complexity index is 553. The van der Waals surface area contributed by atoms with E-state index in [2.05, 4.69) is 28.1 Å². The van der Waals surface area contributed by atoms with E-state index in [0.29, 0.717) is 0 Å². The largest absolute Gasteiger partial charge is 0.349 e. The Balaban J connectivity index is 1.86. The number of fused-ring (bicyclic) bond motifs is 1. The highest BCUT2D eigenvalue weighted by molar-refractivity contribution is 6.35. The highest BCUT2D eigenvalue weighted by Crippen LogP contribution is 2.27. The van der Waals surface area contributed by atoms with Crippen LogP contribution in [0.4, 0.5) is 0 Å². The monoisotopic (exact) mass is 262 g/mol. The molecular formula is C15H19ClN2. The van der Waals surface area contributed by atoms with Crippen LogP contribution >= 0.6 is 11.6 Å². The second-order valence-electron chi connectivity index (χ2n) is 5.34. The molecule has 1 fully saturated rings. The lowest BCUT2D eigenvalue weighted by atomic mass is 9.91.